The van der Waals surface area contributed by atoms with Crippen molar-refractivity contribution in [2.75, 3.05) is 40.0 Å². The number of hydrogen-bond acceptors (Lipinski definition) is 11. The van der Waals surface area contributed by atoms with Crippen LogP contribution in [0.15, 0.2) is 60.7 Å². The lowest BCUT2D eigenvalue weighted by molar-refractivity contribution is -0.295. The Morgan fingerprint density at radius 3 is 1.90 bits per heavy atom. The number of aliphatic hydroxyl groups is 4. The molecule has 13 heteroatoms. The number of cyclic esters (lactones) is 1. The van der Waals surface area contributed by atoms with Gasteiger partial charge in [-0.2, -0.15) is 0 Å². The predicted molar refractivity (Wildman–Crippen MR) is 277 cm³/mol. The average Bonchev–Trinajstić information content (AvgIpc) is 3.29. The van der Waals surface area contributed by atoms with Gasteiger partial charge in [-0.1, -0.05) is 103 Å². The summed E-state index contributed by atoms with van der Waals surface area (Å²) < 4.78 is 24.6. The van der Waals surface area contributed by atoms with Crippen molar-refractivity contribution in [2.24, 2.45) is 17.8 Å². The second-order valence-corrected chi connectivity index (χ2v) is 26.0. The fraction of sp³-hybridized carbons (Fsp3) is 0.750. The van der Waals surface area contributed by atoms with Gasteiger partial charge in [0.2, 0.25) is 5.91 Å². The quantitative estimate of drug-likeness (QED) is 0.0617. The maximum atomic E-state index is 14.3. The number of carbonyl (C=O) groups excluding carboxylic acids is 2. The molecule has 3 saturated heterocycles. The van der Waals surface area contributed by atoms with E-state index in [-0.39, 0.29) is 56.2 Å². The second kappa shape index (κ2) is 26.4. The smallest absolute Gasteiger partial charge is 0.309 e. The Hall–Kier alpha value is -2.51. The molecule has 69 heavy (non-hydrogen) atoms. The SMILES string of the molecule is CC[C@H]1OC(=O)[C@H](C)C[C@H](C)[C@@H](O[C@@H]2O[C@H](C)C[C@H](N(C)C)[C@H]2O)[C@](C)(O)C[C@@H](C)CN(C(=O)CCCCCCCCCCC[P+](c2ccccc2)(c2ccccc2)C2COC2)[C@H](C)[C@@H](O)[C@]1(C)O. The molecule has 4 N–H and O–H groups in total. The van der Waals surface area contributed by atoms with Crippen LogP contribution >= 0.6 is 7.26 Å². The summed E-state index contributed by atoms with van der Waals surface area (Å²) in [6.45, 7) is 16.2. The first-order chi connectivity index (χ1) is 32.7. The van der Waals surface area contributed by atoms with Crippen molar-refractivity contribution in [1.29, 1.82) is 0 Å². The maximum absolute atomic E-state index is 14.3. The van der Waals surface area contributed by atoms with Crippen molar-refractivity contribution in [3.05, 3.63) is 60.7 Å². The molecule has 0 unspecified atom stereocenters. The summed E-state index contributed by atoms with van der Waals surface area (Å²) in [6.07, 6.45) is 7.10. The zero-order valence-corrected chi connectivity index (χ0v) is 44.9. The molecule has 13 atom stereocenters. The zero-order valence-electron chi connectivity index (χ0n) is 44.0. The first-order valence-electron chi connectivity index (χ1n) is 26.6. The Morgan fingerprint density at radius 2 is 1.38 bits per heavy atom. The number of unbranched alkanes of at least 4 members (excludes halogenated alkanes) is 8. The van der Waals surface area contributed by atoms with Crippen molar-refractivity contribution in [3.63, 3.8) is 0 Å². The summed E-state index contributed by atoms with van der Waals surface area (Å²) in [6, 6.07) is 21.3. The number of aliphatic hydroxyl groups excluding tert-OH is 2. The van der Waals surface area contributed by atoms with Crippen LogP contribution in [-0.2, 0) is 28.5 Å². The number of amides is 1. The summed E-state index contributed by atoms with van der Waals surface area (Å²) in [5.74, 6) is -1.97. The van der Waals surface area contributed by atoms with E-state index < -0.39 is 73.0 Å². The molecule has 1 amide bonds. The molecule has 3 fully saturated rings. The van der Waals surface area contributed by atoms with Crippen molar-refractivity contribution in [1.82, 2.24) is 9.80 Å². The first-order valence-corrected chi connectivity index (χ1v) is 28.6. The standard InChI is InChI=1S/C56H92N2O10P/c1-11-48-56(8,64)51(61)43(6)58(36-39(2)35-55(7,63)52(40(3)33-41(4)53(62)67-48)68-54-50(60)47(57(9)10)34-42(5)66-54)49(59)31-25-17-15-13-12-14-16-18-26-32-69(46-37-65-38-46,44-27-21-19-22-28-44)45-29-23-20-24-30-45/h19-24,27-30,39-43,46-48,50-52,54,60-61,63-64H,11-18,25-26,31-38H2,1-10H3/q+1/t39-,40+,41-,42-,43-,47+,48-,50-,51-,52-,54+,55-,56-/m1/s1. The Balaban J connectivity index is 1.19. The topological polar surface area (TPSA) is 158 Å². The lowest BCUT2D eigenvalue weighted by Gasteiger charge is -2.46. The number of ether oxygens (including phenoxy) is 4. The minimum atomic E-state index is -1.86. The highest BCUT2D eigenvalue weighted by Crippen LogP contribution is 2.63. The third kappa shape index (κ3) is 14.8. The van der Waals surface area contributed by atoms with Crippen molar-refractivity contribution < 1.29 is 49.0 Å². The van der Waals surface area contributed by atoms with Crippen LogP contribution in [0, 0.1) is 17.8 Å². The summed E-state index contributed by atoms with van der Waals surface area (Å²) >= 11 is 0. The monoisotopic (exact) mass is 984 g/mol. The van der Waals surface area contributed by atoms with E-state index in [1.807, 2.05) is 39.8 Å². The van der Waals surface area contributed by atoms with E-state index in [0.29, 0.717) is 18.5 Å². The van der Waals surface area contributed by atoms with Crippen LogP contribution < -0.4 is 10.6 Å². The normalized spacial score (nSPS) is 33.6. The van der Waals surface area contributed by atoms with Gasteiger partial charge in [0.15, 0.2) is 6.29 Å². The third-order valence-corrected chi connectivity index (χ3v) is 20.8. The van der Waals surface area contributed by atoms with Crippen LogP contribution in [0.3, 0.4) is 0 Å². The molecule has 5 rings (SSSR count). The molecule has 0 aliphatic carbocycles. The van der Waals surface area contributed by atoms with E-state index in [9.17, 15) is 30.0 Å². The van der Waals surface area contributed by atoms with Crippen molar-refractivity contribution in [2.45, 2.75) is 211 Å². The maximum Gasteiger partial charge on any atom is 0.309 e. The first kappa shape index (κ1) is 57.4. The molecule has 3 heterocycles. The molecule has 12 nitrogen and oxygen atoms in total. The van der Waals surface area contributed by atoms with Gasteiger partial charge in [-0.3, -0.25) is 9.59 Å². The molecule has 3 aliphatic heterocycles. The highest BCUT2D eigenvalue weighted by atomic mass is 31.2. The van der Waals surface area contributed by atoms with Crippen LogP contribution in [-0.4, -0.2) is 148 Å². The summed E-state index contributed by atoms with van der Waals surface area (Å²) in [4.78, 5) is 31.6. The van der Waals surface area contributed by atoms with E-state index >= 15 is 0 Å². The molecule has 0 saturated carbocycles. The summed E-state index contributed by atoms with van der Waals surface area (Å²) in [7, 11) is 2.22. The van der Waals surface area contributed by atoms with Gasteiger partial charge >= 0.3 is 5.97 Å². The average molecular weight is 984 g/mol. The predicted octanol–water partition coefficient (Wildman–Crippen LogP) is 7.87. The van der Waals surface area contributed by atoms with Crippen LogP contribution in [0.5, 0.6) is 0 Å². The Labute approximate surface area is 416 Å². The number of esters is 1. The molecule has 0 bridgehead atoms. The van der Waals surface area contributed by atoms with Gasteiger partial charge in [0.05, 0.1) is 67.0 Å². The molecule has 0 aromatic heterocycles. The lowest BCUT2D eigenvalue weighted by Crippen LogP contribution is -2.60. The van der Waals surface area contributed by atoms with Gasteiger partial charge in [-0.25, -0.2) is 0 Å². The minimum Gasteiger partial charge on any atom is -0.459 e. The van der Waals surface area contributed by atoms with E-state index in [0.717, 1.165) is 38.9 Å². The van der Waals surface area contributed by atoms with E-state index in [1.54, 1.807) is 32.6 Å². The van der Waals surface area contributed by atoms with Crippen LogP contribution in [0.2, 0.25) is 0 Å². The number of hydrogen-bond donors (Lipinski definition) is 4. The number of carbonyl (C=O) groups is 2. The molecule has 2 aromatic rings. The second-order valence-electron chi connectivity index (χ2n) is 22.1. The van der Waals surface area contributed by atoms with Gasteiger partial charge in [-0.15, -0.1) is 0 Å². The fourth-order valence-corrected chi connectivity index (χ4v) is 16.7. The summed E-state index contributed by atoms with van der Waals surface area (Å²) in [5, 5.41) is 50.7. The number of rotatable bonds is 19. The fourth-order valence-electron chi connectivity index (χ4n) is 11.8. The van der Waals surface area contributed by atoms with Crippen LogP contribution in [0.25, 0.3) is 0 Å². The zero-order chi connectivity index (χ0) is 50.5. The molecule has 0 spiro atoms. The van der Waals surface area contributed by atoms with Gasteiger partial charge < -0.3 is 49.2 Å². The number of likely N-dealkylation sites (N-methyl/N-ethyl adjacent to an activating group) is 1. The van der Waals surface area contributed by atoms with Crippen molar-refractivity contribution >= 4 is 29.7 Å². The van der Waals surface area contributed by atoms with Gasteiger partial charge in [0, 0.05) is 19.0 Å². The van der Waals surface area contributed by atoms with Crippen LogP contribution in [0.4, 0.5) is 0 Å². The molecular weight excluding hydrogens is 892 g/mol. The molecule has 390 valence electrons. The molecule has 2 aromatic carbocycles. The Morgan fingerprint density at radius 1 is 0.826 bits per heavy atom. The van der Waals surface area contributed by atoms with Gasteiger partial charge in [0.1, 0.15) is 29.6 Å². The molecule has 3 aliphatic rings. The molecular formula is C56H92N2O10P+. The number of benzene rings is 2. The highest BCUT2D eigenvalue weighted by Gasteiger charge is 2.53. The van der Waals surface area contributed by atoms with E-state index in [4.69, 9.17) is 18.9 Å². The summed E-state index contributed by atoms with van der Waals surface area (Å²) in [5.41, 5.74) is -2.75. The third-order valence-electron chi connectivity index (χ3n) is 15.8. The number of nitrogens with zero attached hydrogens (tertiary/aromatic N) is 2. The Kier molecular flexibility index (Phi) is 22.0. The largest absolute Gasteiger partial charge is 0.459 e. The van der Waals surface area contributed by atoms with Crippen molar-refractivity contribution in [3.8, 4) is 0 Å². The lowest BCUT2D eigenvalue weighted by atomic mass is 9.79. The van der Waals surface area contributed by atoms with E-state index in [2.05, 4.69) is 60.7 Å². The van der Waals surface area contributed by atoms with Gasteiger partial charge in [0.25, 0.3) is 0 Å². The molecule has 0 radical (unpaired) electrons. The van der Waals surface area contributed by atoms with E-state index in [1.165, 1.54) is 49.4 Å². The Bertz CT molecular complexity index is 1790. The van der Waals surface area contributed by atoms with Gasteiger partial charge in [-0.05, 0) is 123 Å². The van der Waals surface area contributed by atoms with Crippen LogP contribution in [0.1, 0.15) is 145 Å². The minimum absolute atomic E-state index is 0.131. The highest BCUT2D eigenvalue weighted by molar-refractivity contribution is 7.90.